The maximum absolute atomic E-state index is 13.3. The highest BCUT2D eigenvalue weighted by atomic mass is 16.4. The number of rotatable bonds is 2. The summed E-state index contributed by atoms with van der Waals surface area (Å²) in [7, 11) is 1.87. The molecule has 1 aliphatic carbocycles. The molecule has 8 heteroatoms. The molecule has 0 aromatic carbocycles. The van der Waals surface area contributed by atoms with Crippen molar-refractivity contribution in [2.45, 2.75) is 39.2 Å². The van der Waals surface area contributed by atoms with E-state index < -0.39 is 11.4 Å². The van der Waals surface area contributed by atoms with Gasteiger partial charge in [0.05, 0.1) is 17.0 Å². The van der Waals surface area contributed by atoms with Crippen molar-refractivity contribution in [2.24, 2.45) is 11.3 Å². The summed E-state index contributed by atoms with van der Waals surface area (Å²) in [5.74, 6) is -0.0633. The quantitative estimate of drug-likeness (QED) is 0.868. The molecule has 1 aromatic heterocycles. The van der Waals surface area contributed by atoms with Gasteiger partial charge in [-0.3, -0.25) is 9.59 Å². The van der Waals surface area contributed by atoms with E-state index in [-0.39, 0.29) is 17.9 Å². The van der Waals surface area contributed by atoms with Crippen LogP contribution in [0.1, 0.15) is 39.2 Å². The zero-order valence-electron chi connectivity index (χ0n) is 14.8. The monoisotopic (exact) mass is 345 g/mol. The molecule has 3 atom stereocenters. The fraction of sp³-hybridized carbons (Fsp3) is 0.647. The zero-order chi connectivity index (χ0) is 17.9. The Kier molecular flexibility index (Phi) is 3.42. The number of hydrogen-bond donors (Lipinski definition) is 1. The minimum Gasteiger partial charge on any atom is -0.481 e. The highest BCUT2D eigenvalue weighted by molar-refractivity contribution is 5.97. The Morgan fingerprint density at radius 3 is 2.84 bits per heavy atom. The fourth-order valence-corrected chi connectivity index (χ4v) is 4.81. The van der Waals surface area contributed by atoms with Gasteiger partial charge in [-0.2, -0.15) is 10.1 Å². The number of carbonyl (C=O) groups excluding carboxylic acids is 1. The molecule has 3 aliphatic rings. The lowest BCUT2D eigenvalue weighted by Gasteiger charge is -2.33. The first-order chi connectivity index (χ1) is 11.9. The lowest BCUT2D eigenvalue weighted by atomic mass is 9.81. The maximum Gasteiger partial charge on any atom is 0.311 e. The molecule has 8 nitrogen and oxygen atoms in total. The van der Waals surface area contributed by atoms with E-state index in [2.05, 4.69) is 10.1 Å². The summed E-state index contributed by atoms with van der Waals surface area (Å²) in [6, 6.07) is -0.220. The Hall–Kier alpha value is -2.38. The highest BCUT2D eigenvalue weighted by Crippen LogP contribution is 2.49. The minimum atomic E-state index is -0.761. The van der Waals surface area contributed by atoms with E-state index in [1.54, 1.807) is 9.58 Å². The molecule has 1 saturated carbocycles. The third-order valence-electron chi connectivity index (χ3n) is 6.35. The van der Waals surface area contributed by atoms with Crippen LogP contribution in [0.2, 0.25) is 0 Å². The van der Waals surface area contributed by atoms with Crippen molar-refractivity contribution in [1.82, 2.24) is 19.7 Å². The van der Waals surface area contributed by atoms with Crippen LogP contribution in [-0.2, 0) is 9.59 Å². The number of amides is 1. The number of allylic oxidation sites excluding steroid dienone is 1. The van der Waals surface area contributed by atoms with Gasteiger partial charge in [-0.25, -0.2) is 4.68 Å². The van der Waals surface area contributed by atoms with Crippen LogP contribution >= 0.6 is 0 Å². The van der Waals surface area contributed by atoms with Crippen molar-refractivity contribution in [3.8, 4) is 0 Å². The van der Waals surface area contributed by atoms with Crippen LogP contribution in [0.15, 0.2) is 17.6 Å². The number of carbonyl (C=O) groups is 2. The number of anilines is 1. The second-order valence-electron chi connectivity index (χ2n) is 7.47. The van der Waals surface area contributed by atoms with E-state index in [1.807, 2.05) is 25.8 Å². The van der Waals surface area contributed by atoms with Gasteiger partial charge in [0, 0.05) is 25.8 Å². The summed E-state index contributed by atoms with van der Waals surface area (Å²) in [6.45, 7) is 4.68. The van der Waals surface area contributed by atoms with E-state index in [0.29, 0.717) is 31.0 Å². The van der Waals surface area contributed by atoms with Gasteiger partial charge in [0.1, 0.15) is 6.33 Å². The van der Waals surface area contributed by atoms with Gasteiger partial charge in [0.2, 0.25) is 5.95 Å². The number of nitrogens with zero attached hydrogens (tertiary/aromatic N) is 5. The van der Waals surface area contributed by atoms with Gasteiger partial charge >= 0.3 is 5.97 Å². The van der Waals surface area contributed by atoms with Crippen molar-refractivity contribution in [1.29, 1.82) is 0 Å². The molecule has 1 unspecified atom stereocenters. The largest absolute Gasteiger partial charge is 0.481 e. The third kappa shape index (κ3) is 2.06. The van der Waals surface area contributed by atoms with Gasteiger partial charge < -0.3 is 14.9 Å². The van der Waals surface area contributed by atoms with Crippen LogP contribution in [0.4, 0.5) is 5.95 Å². The van der Waals surface area contributed by atoms with E-state index in [4.69, 9.17) is 0 Å². The second-order valence-corrected chi connectivity index (χ2v) is 7.47. The molecule has 1 saturated heterocycles. The smallest absolute Gasteiger partial charge is 0.311 e. The molecule has 4 rings (SSSR count). The summed E-state index contributed by atoms with van der Waals surface area (Å²) in [5.41, 5.74) is 0.757. The van der Waals surface area contributed by atoms with E-state index in [0.717, 1.165) is 18.5 Å². The predicted molar refractivity (Wildman–Crippen MR) is 89.8 cm³/mol. The number of carboxylic acid groups (broad SMARTS) is 1. The SMILES string of the molecule is CC1=C(C(=O)N2C[C@@H]3CCC[C@@]3(C(=O)O)C2)C(C)n2ncnc2N1C. The number of likely N-dealkylation sites (tertiary alicyclic amines) is 1. The molecule has 1 amide bonds. The van der Waals surface area contributed by atoms with Crippen molar-refractivity contribution in [3.63, 3.8) is 0 Å². The first-order valence-electron chi connectivity index (χ1n) is 8.73. The molecular formula is C17H23N5O3. The lowest BCUT2D eigenvalue weighted by molar-refractivity contribution is -0.149. The predicted octanol–water partition coefficient (Wildman–Crippen LogP) is 1.28. The summed E-state index contributed by atoms with van der Waals surface area (Å²) in [4.78, 5) is 33.0. The Morgan fingerprint density at radius 1 is 1.40 bits per heavy atom. The van der Waals surface area contributed by atoms with Crippen molar-refractivity contribution in [2.75, 3.05) is 25.0 Å². The molecule has 2 aliphatic heterocycles. The number of aromatic nitrogens is 3. The number of hydrogen-bond acceptors (Lipinski definition) is 5. The summed E-state index contributed by atoms with van der Waals surface area (Å²) >= 11 is 0. The lowest BCUT2D eigenvalue weighted by Crippen LogP contribution is -2.41. The van der Waals surface area contributed by atoms with E-state index in [9.17, 15) is 14.7 Å². The molecule has 1 aromatic rings. The molecule has 0 spiro atoms. The van der Waals surface area contributed by atoms with Gasteiger partial charge in [-0.05, 0) is 32.6 Å². The Bertz CT molecular complexity index is 785. The molecule has 3 heterocycles. The Balaban J connectivity index is 1.66. The van der Waals surface area contributed by atoms with Crippen LogP contribution in [0.5, 0.6) is 0 Å². The molecule has 25 heavy (non-hydrogen) atoms. The summed E-state index contributed by atoms with van der Waals surface area (Å²) in [5, 5.41) is 14.0. The molecule has 134 valence electrons. The topological polar surface area (TPSA) is 91.6 Å². The van der Waals surface area contributed by atoms with Crippen LogP contribution in [0, 0.1) is 11.3 Å². The average molecular weight is 345 g/mol. The normalized spacial score (nSPS) is 31.3. The van der Waals surface area contributed by atoms with Gasteiger partial charge in [0.15, 0.2) is 0 Å². The maximum atomic E-state index is 13.3. The standard InChI is InChI=1S/C17H23N5O3/c1-10-13(11(2)22-16(20(10)3)18-9-19-22)14(23)21-7-12-5-4-6-17(12,8-21)15(24)25/h9,11-12H,4-8H2,1-3H3,(H,24,25)/t11?,12-,17+/m0/s1. The highest BCUT2D eigenvalue weighted by Gasteiger charge is 2.56. The van der Waals surface area contributed by atoms with Crippen molar-refractivity contribution >= 4 is 17.8 Å². The molecular weight excluding hydrogens is 322 g/mol. The van der Waals surface area contributed by atoms with Gasteiger partial charge in [0.25, 0.3) is 5.91 Å². The van der Waals surface area contributed by atoms with Gasteiger partial charge in [-0.15, -0.1) is 0 Å². The molecule has 0 bridgehead atoms. The van der Waals surface area contributed by atoms with Crippen LogP contribution in [-0.4, -0.2) is 56.8 Å². The molecule has 2 fully saturated rings. The molecule has 0 radical (unpaired) electrons. The number of aliphatic carboxylic acids is 1. The number of fused-ring (bicyclic) bond motifs is 2. The van der Waals surface area contributed by atoms with E-state index >= 15 is 0 Å². The Morgan fingerprint density at radius 2 is 2.16 bits per heavy atom. The summed E-state index contributed by atoms with van der Waals surface area (Å²) < 4.78 is 1.74. The van der Waals surface area contributed by atoms with E-state index in [1.165, 1.54) is 6.33 Å². The zero-order valence-corrected chi connectivity index (χ0v) is 14.8. The van der Waals surface area contributed by atoms with Crippen LogP contribution in [0.3, 0.4) is 0 Å². The van der Waals surface area contributed by atoms with Crippen molar-refractivity contribution in [3.05, 3.63) is 17.6 Å². The summed E-state index contributed by atoms with van der Waals surface area (Å²) in [6.07, 6.45) is 3.97. The first kappa shape index (κ1) is 16.1. The van der Waals surface area contributed by atoms with Crippen LogP contribution in [0.25, 0.3) is 0 Å². The Labute approximate surface area is 146 Å². The fourth-order valence-electron chi connectivity index (χ4n) is 4.81. The minimum absolute atomic E-state index is 0.0633. The van der Waals surface area contributed by atoms with Crippen LogP contribution < -0.4 is 4.90 Å². The second kappa shape index (κ2) is 5.31. The third-order valence-corrected chi connectivity index (χ3v) is 6.35. The average Bonchev–Trinajstić information content (AvgIpc) is 3.26. The van der Waals surface area contributed by atoms with Crippen molar-refractivity contribution < 1.29 is 14.7 Å². The molecule has 1 N–H and O–H groups in total. The number of carboxylic acids is 1. The first-order valence-corrected chi connectivity index (χ1v) is 8.73. The van der Waals surface area contributed by atoms with Gasteiger partial charge in [-0.1, -0.05) is 6.42 Å².